The summed E-state index contributed by atoms with van der Waals surface area (Å²) in [6.07, 6.45) is 3.39. The maximum atomic E-state index is 12.5. The average molecular weight is 289 g/mol. The molecule has 1 aliphatic rings. The molecule has 21 heavy (non-hydrogen) atoms. The smallest absolute Gasteiger partial charge is 0.254 e. The van der Waals surface area contributed by atoms with Crippen LogP contribution in [0.15, 0.2) is 30.3 Å². The number of carbonyl (C=O) groups is 2. The highest BCUT2D eigenvalue weighted by Gasteiger charge is 2.34. The normalized spacial score (nSPS) is 17.8. The van der Waals surface area contributed by atoms with Crippen molar-refractivity contribution in [2.24, 2.45) is 5.73 Å². The van der Waals surface area contributed by atoms with Crippen molar-refractivity contribution < 1.29 is 9.59 Å². The lowest BCUT2D eigenvalue weighted by Crippen LogP contribution is -2.46. The number of carbonyl (C=O) groups excluding carboxylic acids is 2. The molecule has 0 saturated carbocycles. The van der Waals surface area contributed by atoms with Crippen molar-refractivity contribution in [1.29, 1.82) is 0 Å². The number of benzene rings is 1. The fourth-order valence-electron chi connectivity index (χ4n) is 2.63. The van der Waals surface area contributed by atoms with E-state index in [0.717, 1.165) is 25.7 Å². The predicted molar refractivity (Wildman–Crippen MR) is 81.8 cm³/mol. The second-order valence-corrected chi connectivity index (χ2v) is 5.31. The Balaban J connectivity index is 1.93. The highest BCUT2D eigenvalue weighted by Crippen LogP contribution is 2.20. The number of likely N-dealkylation sites (tertiary alicyclic amines) is 1. The van der Waals surface area contributed by atoms with Gasteiger partial charge in [-0.3, -0.25) is 9.59 Å². The van der Waals surface area contributed by atoms with E-state index in [1.165, 1.54) is 0 Å². The van der Waals surface area contributed by atoms with Crippen LogP contribution in [0.25, 0.3) is 0 Å². The molecule has 0 bridgehead atoms. The third-order valence-electron chi connectivity index (χ3n) is 3.77. The number of nitrogens with one attached hydrogen (secondary N) is 1. The summed E-state index contributed by atoms with van der Waals surface area (Å²) < 4.78 is 0. The van der Waals surface area contributed by atoms with Crippen LogP contribution in [0, 0.1) is 0 Å². The zero-order valence-electron chi connectivity index (χ0n) is 12.3. The molecule has 0 aliphatic carbocycles. The van der Waals surface area contributed by atoms with E-state index in [0.29, 0.717) is 25.2 Å². The summed E-state index contributed by atoms with van der Waals surface area (Å²) in [6, 6.07) is 8.79. The van der Waals surface area contributed by atoms with Crippen LogP contribution in [0.1, 0.15) is 36.0 Å². The molecule has 1 atom stereocenters. The summed E-state index contributed by atoms with van der Waals surface area (Å²) in [5, 5.41) is 2.91. The molecule has 0 spiro atoms. The second kappa shape index (κ2) is 7.78. The molecule has 2 amide bonds. The third kappa shape index (κ3) is 4.04. The molecule has 0 radical (unpaired) electrons. The van der Waals surface area contributed by atoms with E-state index in [-0.39, 0.29) is 17.9 Å². The summed E-state index contributed by atoms with van der Waals surface area (Å²) in [6.45, 7) is 1.91. The van der Waals surface area contributed by atoms with Crippen LogP contribution in [-0.4, -0.2) is 42.4 Å². The standard InChI is InChI=1S/C16H23N3O2/c17-10-4-5-11-18-15(20)14-9-6-12-19(14)16(21)13-7-2-1-3-8-13/h1-3,7-8,14H,4-6,9-12,17H2,(H,18,20). The van der Waals surface area contributed by atoms with Gasteiger partial charge < -0.3 is 16.0 Å². The first-order valence-corrected chi connectivity index (χ1v) is 7.58. The fraction of sp³-hybridized carbons (Fsp3) is 0.500. The van der Waals surface area contributed by atoms with Gasteiger partial charge in [0.05, 0.1) is 0 Å². The quantitative estimate of drug-likeness (QED) is 0.771. The zero-order valence-corrected chi connectivity index (χ0v) is 12.3. The molecule has 1 aliphatic heterocycles. The van der Waals surface area contributed by atoms with Gasteiger partial charge in [-0.05, 0) is 44.4 Å². The molecule has 5 heteroatoms. The maximum Gasteiger partial charge on any atom is 0.254 e. The van der Waals surface area contributed by atoms with Crippen molar-refractivity contribution in [3.8, 4) is 0 Å². The highest BCUT2D eigenvalue weighted by molar-refractivity contribution is 5.97. The monoisotopic (exact) mass is 289 g/mol. The molecule has 1 aromatic rings. The van der Waals surface area contributed by atoms with Crippen LogP contribution in [0.4, 0.5) is 0 Å². The van der Waals surface area contributed by atoms with Crippen molar-refractivity contribution >= 4 is 11.8 Å². The SMILES string of the molecule is NCCCCNC(=O)C1CCCN1C(=O)c1ccccc1. The number of amides is 2. The van der Waals surface area contributed by atoms with Crippen molar-refractivity contribution in [2.75, 3.05) is 19.6 Å². The van der Waals surface area contributed by atoms with Gasteiger partial charge in [0.25, 0.3) is 5.91 Å². The Morgan fingerprint density at radius 1 is 1.24 bits per heavy atom. The number of nitrogens with two attached hydrogens (primary N) is 1. The highest BCUT2D eigenvalue weighted by atomic mass is 16.2. The van der Waals surface area contributed by atoms with E-state index in [1.807, 2.05) is 18.2 Å². The average Bonchev–Trinajstić information content (AvgIpc) is 3.01. The van der Waals surface area contributed by atoms with Crippen molar-refractivity contribution in [1.82, 2.24) is 10.2 Å². The lowest BCUT2D eigenvalue weighted by Gasteiger charge is -2.24. The van der Waals surface area contributed by atoms with Gasteiger partial charge in [0.1, 0.15) is 6.04 Å². The zero-order chi connectivity index (χ0) is 15.1. The Morgan fingerprint density at radius 2 is 2.00 bits per heavy atom. The molecule has 114 valence electrons. The third-order valence-corrected chi connectivity index (χ3v) is 3.77. The maximum absolute atomic E-state index is 12.5. The molecular weight excluding hydrogens is 266 g/mol. The van der Waals surface area contributed by atoms with Crippen molar-refractivity contribution in [2.45, 2.75) is 31.7 Å². The first-order valence-electron chi connectivity index (χ1n) is 7.58. The predicted octanol–water partition coefficient (Wildman–Crippen LogP) is 1.15. The first-order chi connectivity index (χ1) is 10.2. The Hall–Kier alpha value is -1.88. The Kier molecular flexibility index (Phi) is 5.75. The van der Waals surface area contributed by atoms with E-state index < -0.39 is 0 Å². The van der Waals surface area contributed by atoms with E-state index in [9.17, 15) is 9.59 Å². The van der Waals surface area contributed by atoms with Crippen LogP contribution in [0.2, 0.25) is 0 Å². The summed E-state index contributed by atoms with van der Waals surface area (Å²) in [5.74, 6) is -0.107. The Morgan fingerprint density at radius 3 is 2.71 bits per heavy atom. The fourth-order valence-corrected chi connectivity index (χ4v) is 2.63. The lowest BCUT2D eigenvalue weighted by atomic mass is 10.1. The van der Waals surface area contributed by atoms with Crippen LogP contribution in [0.5, 0.6) is 0 Å². The van der Waals surface area contributed by atoms with Crippen LogP contribution < -0.4 is 11.1 Å². The molecular formula is C16H23N3O2. The minimum atomic E-state index is -0.337. The van der Waals surface area contributed by atoms with Crippen LogP contribution in [-0.2, 0) is 4.79 Å². The summed E-state index contributed by atoms with van der Waals surface area (Å²) in [4.78, 5) is 26.4. The van der Waals surface area contributed by atoms with E-state index >= 15 is 0 Å². The topological polar surface area (TPSA) is 75.4 Å². The van der Waals surface area contributed by atoms with E-state index in [2.05, 4.69) is 5.32 Å². The molecule has 1 unspecified atom stereocenters. The number of rotatable bonds is 6. The van der Waals surface area contributed by atoms with Gasteiger partial charge in [-0.1, -0.05) is 18.2 Å². The Labute approximate surface area is 125 Å². The van der Waals surface area contributed by atoms with Gasteiger partial charge in [0.15, 0.2) is 0 Å². The molecule has 2 rings (SSSR count). The summed E-state index contributed by atoms with van der Waals surface area (Å²) in [7, 11) is 0. The van der Waals surface area contributed by atoms with Gasteiger partial charge in [-0.2, -0.15) is 0 Å². The number of nitrogens with zero attached hydrogens (tertiary/aromatic N) is 1. The van der Waals surface area contributed by atoms with Crippen LogP contribution in [0.3, 0.4) is 0 Å². The Bertz CT molecular complexity index is 476. The molecule has 0 aromatic heterocycles. The van der Waals surface area contributed by atoms with E-state index in [4.69, 9.17) is 5.73 Å². The van der Waals surface area contributed by atoms with Gasteiger partial charge in [0, 0.05) is 18.7 Å². The number of hydrogen-bond acceptors (Lipinski definition) is 3. The number of hydrogen-bond donors (Lipinski definition) is 2. The van der Waals surface area contributed by atoms with Crippen molar-refractivity contribution in [3.63, 3.8) is 0 Å². The van der Waals surface area contributed by atoms with Crippen molar-refractivity contribution in [3.05, 3.63) is 35.9 Å². The molecule has 1 aromatic carbocycles. The van der Waals surface area contributed by atoms with Gasteiger partial charge in [0.2, 0.25) is 5.91 Å². The van der Waals surface area contributed by atoms with Gasteiger partial charge in [-0.15, -0.1) is 0 Å². The molecule has 3 N–H and O–H groups in total. The van der Waals surface area contributed by atoms with Crippen LogP contribution >= 0.6 is 0 Å². The minimum absolute atomic E-state index is 0.0474. The molecule has 1 fully saturated rings. The second-order valence-electron chi connectivity index (χ2n) is 5.31. The lowest BCUT2D eigenvalue weighted by molar-refractivity contribution is -0.124. The molecule has 1 saturated heterocycles. The summed E-state index contributed by atoms with van der Waals surface area (Å²) in [5.41, 5.74) is 6.07. The molecule has 1 heterocycles. The number of unbranched alkanes of at least 4 members (excludes halogenated alkanes) is 1. The summed E-state index contributed by atoms with van der Waals surface area (Å²) >= 11 is 0. The van der Waals surface area contributed by atoms with Gasteiger partial charge in [-0.25, -0.2) is 0 Å². The first kappa shape index (κ1) is 15.5. The largest absolute Gasteiger partial charge is 0.354 e. The minimum Gasteiger partial charge on any atom is -0.354 e. The van der Waals surface area contributed by atoms with E-state index in [1.54, 1.807) is 17.0 Å². The molecule has 5 nitrogen and oxygen atoms in total. The van der Waals surface area contributed by atoms with Gasteiger partial charge >= 0.3 is 0 Å².